The maximum Gasteiger partial charge on any atom is 0.274 e. The third-order valence-electron chi connectivity index (χ3n) is 4.40. The number of aliphatic hydroxyl groups excluding tert-OH is 1. The van der Waals surface area contributed by atoms with Crippen molar-refractivity contribution in [1.82, 2.24) is 14.9 Å². The number of ether oxygens (including phenoxy) is 1. The van der Waals surface area contributed by atoms with Crippen LogP contribution in [0, 0.1) is 0 Å². The molecular formula is C19H23N3O3. The Kier molecular flexibility index (Phi) is 5.28. The molecule has 6 heteroatoms. The van der Waals surface area contributed by atoms with Crippen molar-refractivity contribution in [3.63, 3.8) is 0 Å². The Hall–Kier alpha value is -2.47. The molecule has 0 unspecified atom stereocenters. The van der Waals surface area contributed by atoms with E-state index in [4.69, 9.17) is 4.74 Å². The zero-order valence-corrected chi connectivity index (χ0v) is 14.5. The van der Waals surface area contributed by atoms with E-state index in [9.17, 15) is 9.90 Å². The van der Waals surface area contributed by atoms with Gasteiger partial charge in [0.15, 0.2) is 0 Å². The number of piperidine rings is 1. The number of amides is 1. The van der Waals surface area contributed by atoms with Gasteiger partial charge in [0, 0.05) is 25.4 Å². The standard InChI is InChI=1S/C19H23N3O3/c1-13(2)14-4-3-5-15(10-14)25-18-6-9-22(12-17(18)23)19(24)16-11-20-7-8-21-16/h3-5,7-8,10-11,13,17-18,23H,6,9,12H2,1-2H3/t17-,18-/m1/s1. The highest BCUT2D eigenvalue weighted by Gasteiger charge is 2.32. The van der Waals surface area contributed by atoms with Gasteiger partial charge in [0.2, 0.25) is 0 Å². The largest absolute Gasteiger partial charge is 0.488 e. The second kappa shape index (κ2) is 7.61. The molecule has 25 heavy (non-hydrogen) atoms. The summed E-state index contributed by atoms with van der Waals surface area (Å²) in [5.74, 6) is 0.955. The van der Waals surface area contributed by atoms with Crippen molar-refractivity contribution >= 4 is 5.91 Å². The molecule has 2 heterocycles. The number of aromatic nitrogens is 2. The van der Waals surface area contributed by atoms with Gasteiger partial charge in [0.05, 0.1) is 12.7 Å². The molecule has 1 aliphatic heterocycles. The first-order valence-electron chi connectivity index (χ1n) is 8.54. The van der Waals surface area contributed by atoms with E-state index in [0.717, 1.165) is 5.75 Å². The van der Waals surface area contributed by atoms with E-state index in [0.29, 0.717) is 24.6 Å². The summed E-state index contributed by atoms with van der Waals surface area (Å²) in [7, 11) is 0. The third kappa shape index (κ3) is 4.14. The Balaban J connectivity index is 1.62. The van der Waals surface area contributed by atoms with Crippen LogP contribution in [0.4, 0.5) is 0 Å². The molecule has 0 aliphatic carbocycles. The topological polar surface area (TPSA) is 75.5 Å². The number of benzene rings is 1. The maximum absolute atomic E-state index is 12.4. The number of carbonyl (C=O) groups excluding carboxylic acids is 1. The first-order valence-corrected chi connectivity index (χ1v) is 8.54. The summed E-state index contributed by atoms with van der Waals surface area (Å²) in [4.78, 5) is 21.9. The van der Waals surface area contributed by atoms with Crippen LogP contribution in [-0.2, 0) is 0 Å². The van der Waals surface area contributed by atoms with E-state index >= 15 is 0 Å². The Morgan fingerprint density at radius 2 is 2.20 bits per heavy atom. The molecule has 1 aromatic carbocycles. The molecule has 0 spiro atoms. The van der Waals surface area contributed by atoms with Gasteiger partial charge >= 0.3 is 0 Å². The Labute approximate surface area is 147 Å². The molecule has 2 aromatic rings. The van der Waals surface area contributed by atoms with Crippen molar-refractivity contribution in [3.05, 3.63) is 54.1 Å². The average molecular weight is 341 g/mol. The molecular weight excluding hydrogens is 318 g/mol. The molecule has 1 aromatic heterocycles. The highest BCUT2D eigenvalue weighted by atomic mass is 16.5. The molecule has 1 fully saturated rings. The highest BCUT2D eigenvalue weighted by molar-refractivity contribution is 5.92. The summed E-state index contributed by atoms with van der Waals surface area (Å²) in [6.45, 7) is 5.00. The van der Waals surface area contributed by atoms with Crippen molar-refractivity contribution in [2.45, 2.75) is 38.4 Å². The number of likely N-dealkylation sites (tertiary alicyclic amines) is 1. The average Bonchev–Trinajstić information content (AvgIpc) is 2.64. The number of β-amino-alcohol motifs (C(OH)–C–C–N with tert-alkyl or cyclic N) is 1. The lowest BCUT2D eigenvalue weighted by atomic mass is 10.0. The van der Waals surface area contributed by atoms with Crippen molar-refractivity contribution in [3.8, 4) is 5.75 Å². The van der Waals surface area contributed by atoms with Crippen LogP contribution in [-0.4, -0.2) is 51.2 Å². The summed E-state index contributed by atoms with van der Waals surface area (Å²) in [6, 6.07) is 7.93. The molecule has 0 radical (unpaired) electrons. The summed E-state index contributed by atoms with van der Waals surface area (Å²) in [5.41, 5.74) is 1.49. The summed E-state index contributed by atoms with van der Waals surface area (Å²) >= 11 is 0. The molecule has 1 aliphatic rings. The summed E-state index contributed by atoms with van der Waals surface area (Å²) < 4.78 is 5.98. The van der Waals surface area contributed by atoms with Crippen molar-refractivity contribution in [2.75, 3.05) is 13.1 Å². The van der Waals surface area contributed by atoms with E-state index in [2.05, 4.69) is 29.9 Å². The van der Waals surface area contributed by atoms with Crippen LogP contribution in [0.1, 0.15) is 42.2 Å². The van der Waals surface area contributed by atoms with Crippen LogP contribution in [0.25, 0.3) is 0 Å². The van der Waals surface area contributed by atoms with Gasteiger partial charge < -0.3 is 14.7 Å². The van der Waals surface area contributed by atoms with Gasteiger partial charge in [-0.1, -0.05) is 26.0 Å². The van der Waals surface area contributed by atoms with Crippen LogP contribution in [0.3, 0.4) is 0 Å². The Morgan fingerprint density at radius 3 is 2.88 bits per heavy atom. The number of rotatable bonds is 4. The zero-order valence-electron chi connectivity index (χ0n) is 14.5. The second-order valence-corrected chi connectivity index (χ2v) is 6.58. The molecule has 0 bridgehead atoms. The first-order chi connectivity index (χ1) is 12.0. The molecule has 3 rings (SSSR count). The Bertz CT molecular complexity index is 721. The van der Waals surface area contributed by atoms with Crippen molar-refractivity contribution in [2.24, 2.45) is 0 Å². The zero-order chi connectivity index (χ0) is 17.8. The SMILES string of the molecule is CC(C)c1cccc(O[C@@H]2CCN(C(=O)c3cnccn3)C[C@H]2O)c1. The summed E-state index contributed by atoms with van der Waals surface area (Å²) in [6.07, 6.45) is 3.96. The van der Waals surface area contributed by atoms with E-state index in [1.54, 1.807) is 4.90 Å². The van der Waals surface area contributed by atoms with Gasteiger partial charge in [-0.2, -0.15) is 0 Å². The van der Waals surface area contributed by atoms with Gasteiger partial charge in [-0.05, 0) is 23.6 Å². The molecule has 6 nitrogen and oxygen atoms in total. The van der Waals surface area contributed by atoms with Gasteiger partial charge in [0.1, 0.15) is 23.7 Å². The van der Waals surface area contributed by atoms with Crippen LogP contribution in [0.2, 0.25) is 0 Å². The van der Waals surface area contributed by atoms with E-state index in [1.165, 1.54) is 24.2 Å². The van der Waals surface area contributed by atoms with E-state index in [-0.39, 0.29) is 18.6 Å². The number of carbonyl (C=O) groups is 1. The lowest BCUT2D eigenvalue weighted by Crippen LogP contribution is -2.51. The van der Waals surface area contributed by atoms with Crippen LogP contribution in [0.5, 0.6) is 5.75 Å². The molecule has 132 valence electrons. The molecule has 1 N–H and O–H groups in total. The number of hydrogen-bond acceptors (Lipinski definition) is 5. The van der Waals surface area contributed by atoms with Gasteiger partial charge in [-0.25, -0.2) is 4.98 Å². The number of hydrogen-bond donors (Lipinski definition) is 1. The van der Waals surface area contributed by atoms with Crippen molar-refractivity contribution < 1.29 is 14.6 Å². The minimum atomic E-state index is -0.739. The van der Waals surface area contributed by atoms with Gasteiger partial charge in [-0.15, -0.1) is 0 Å². The van der Waals surface area contributed by atoms with E-state index in [1.807, 2.05) is 18.2 Å². The van der Waals surface area contributed by atoms with Gasteiger partial charge in [0.25, 0.3) is 5.91 Å². The smallest absolute Gasteiger partial charge is 0.274 e. The highest BCUT2D eigenvalue weighted by Crippen LogP contribution is 2.24. The maximum atomic E-state index is 12.4. The first kappa shape index (κ1) is 17.4. The molecule has 0 saturated carbocycles. The van der Waals surface area contributed by atoms with Crippen LogP contribution >= 0.6 is 0 Å². The second-order valence-electron chi connectivity index (χ2n) is 6.58. The fourth-order valence-corrected chi connectivity index (χ4v) is 2.93. The quantitative estimate of drug-likeness (QED) is 0.923. The minimum Gasteiger partial charge on any atom is -0.488 e. The minimum absolute atomic E-state index is 0.215. The normalized spacial score (nSPS) is 20.6. The lowest BCUT2D eigenvalue weighted by Gasteiger charge is -2.35. The molecule has 1 amide bonds. The fourth-order valence-electron chi connectivity index (χ4n) is 2.93. The Morgan fingerprint density at radius 1 is 1.36 bits per heavy atom. The number of nitrogens with zero attached hydrogens (tertiary/aromatic N) is 3. The number of aliphatic hydroxyl groups is 1. The molecule has 1 saturated heterocycles. The van der Waals surface area contributed by atoms with Crippen LogP contribution in [0.15, 0.2) is 42.9 Å². The van der Waals surface area contributed by atoms with Crippen LogP contribution < -0.4 is 4.74 Å². The predicted molar refractivity (Wildman–Crippen MR) is 93.5 cm³/mol. The van der Waals surface area contributed by atoms with Gasteiger partial charge in [-0.3, -0.25) is 9.78 Å². The fraction of sp³-hybridized carbons (Fsp3) is 0.421. The predicted octanol–water partition coefficient (Wildman–Crippen LogP) is 2.25. The monoisotopic (exact) mass is 341 g/mol. The molecule has 2 atom stereocenters. The third-order valence-corrected chi connectivity index (χ3v) is 4.40. The summed E-state index contributed by atoms with van der Waals surface area (Å²) in [5, 5.41) is 10.4. The van der Waals surface area contributed by atoms with E-state index < -0.39 is 6.10 Å². The van der Waals surface area contributed by atoms with Crippen molar-refractivity contribution in [1.29, 1.82) is 0 Å². The lowest BCUT2D eigenvalue weighted by molar-refractivity contribution is -0.0200.